The van der Waals surface area contributed by atoms with Gasteiger partial charge in [0.05, 0.1) is 12.7 Å². The molecule has 0 fully saturated rings. The largest absolute Gasteiger partial charge is 1.00 e. The van der Waals surface area contributed by atoms with Crippen molar-refractivity contribution >= 4 is 15.9 Å². The van der Waals surface area contributed by atoms with Crippen molar-refractivity contribution in [2.75, 3.05) is 25.1 Å². The van der Waals surface area contributed by atoms with E-state index in [1.54, 1.807) is 4.90 Å². The first kappa shape index (κ1) is 21.5. The average molecular weight is 426 g/mol. The molecule has 0 aromatic rings. The molecule has 1 N–H and O–H groups in total. The quantitative estimate of drug-likeness (QED) is 0.340. The molecule has 126 valence electrons. The summed E-state index contributed by atoms with van der Waals surface area (Å²) in [6.45, 7) is 6.02. The van der Waals surface area contributed by atoms with E-state index in [0.29, 0.717) is 0 Å². The summed E-state index contributed by atoms with van der Waals surface area (Å²) < 4.78 is 0. The Morgan fingerprint density at radius 3 is 2.29 bits per heavy atom. The Morgan fingerprint density at radius 2 is 1.62 bits per heavy atom. The van der Waals surface area contributed by atoms with Gasteiger partial charge in [-0.3, -0.25) is 4.90 Å². The molecule has 2 nitrogen and oxygen atoms in total. The lowest BCUT2D eigenvalue weighted by molar-refractivity contribution is -0.849. The zero-order chi connectivity index (χ0) is 14.5. The lowest BCUT2D eigenvalue weighted by atomic mass is 10.1. The third kappa shape index (κ3) is 11.7. The molecule has 0 aromatic heterocycles. The lowest BCUT2D eigenvalue weighted by Gasteiger charge is -2.16. The van der Waals surface area contributed by atoms with Gasteiger partial charge in [-0.1, -0.05) is 67.8 Å². The highest BCUT2D eigenvalue weighted by molar-refractivity contribution is 9.09. The SMILES string of the molecule is CCCCCCCCCCN1C=C[NH+](CCCCBr)C1.[Br-]. The van der Waals surface area contributed by atoms with Crippen LogP contribution in [0.15, 0.2) is 12.4 Å². The third-order valence-electron chi connectivity index (χ3n) is 4.11. The molecule has 0 saturated heterocycles. The Bertz CT molecular complexity index is 247. The summed E-state index contributed by atoms with van der Waals surface area (Å²) in [6.07, 6.45) is 18.6. The van der Waals surface area contributed by atoms with Gasteiger partial charge in [0.15, 0.2) is 6.67 Å². The average Bonchev–Trinajstić information content (AvgIpc) is 2.90. The van der Waals surface area contributed by atoms with E-state index in [1.807, 2.05) is 0 Å². The highest BCUT2D eigenvalue weighted by Crippen LogP contribution is 2.09. The fourth-order valence-corrected chi connectivity index (χ4v) is 3.18. The van der Waals surface area contributed by atoms with Crippen molar-refractivity contribution in [3.8, 4) is 0 Å². The molecule has 0 bridgehead atoms. The second-order valence-corrected chi connectivity index (χ2v) is 6.86. The van der Waals surface area contributed by atoms with Crippen molar-refractivity contribution in [2.24, 2.45) is 0 Å². The van der Waals surface area contributed by atoms with Crippen LogP contribution in [0.25, 0.3) is 0 Å². The summed E-state index contributed by atoms with van der Waals surface area (Å²) in [5, 5.41) is 1.14. The van der Waals surface area contributed by atoms with Crippen LogP contribution in [0, 0.1) is 0 Å². The molecule has 1 atom stereocenters. The van der Waals surface area contributed by atoms with Crippen LogP contribution in [0.5, 0.6) is 0 Å². The maximum atomic E-state index is 3.50. The molecule has 0 amide bonds. The molecule has 1 rings (SSSR count). The van der Waals surface area contributed by atoms with Crippen LogP contribution >= 0.6 is 15.9 Å². The van der Waals surface area contributed by atoms with Crippen LogP contribution in [-0.2, 0) is 0 Å². The molecule has 1 aliphatic rings. The van der Waals surface area contributed by atoms with Gasteiger partial charge in [-0.25, -0.2) is 0 Å². The van der Waals surface area contributed by atoms with Crippen LogP contribution < -0.4 is 21.9 Å². The summed E-state index contributed by atoms with van der Waals surface area (Å²) in [5.74, 6) is 0. The van der Waals surface area contributed by atoms with Crippen molar-refractivity contribution in [1.82, 2.24) is 4.90 Å². The Kier molecular flexibility index (Phi) is 15.7. The van der Waals surface area contributed by atoms with E-state index in [0.717, 1.165) is 5.33 Å². The fourth-order valence-electron chi connectivity index (χ4n) is 2.79. The van der Waals surface area contributed by atoms with E-state index in [4.69, 9.17) is 0 Å². The number of hydrogen-bond donors (Lipinski definition) is 1. The summed E-state index contributed by atoms with van der Waals surface area (Å²) in [6, 6.07) is 0. The van der Waals surface area contributed by atoms with E-state index >= 15 is 0 Å². The van der Waals surface area contributed by atoms with Gasteiger partial charge in [-0.2, -0.15) is 0 Å². The van der Waals surface area contributed by atoms with Crippen LogP contribution in [0.3, 0.4) is 0 Å². The lowest BCUT2D eigenvalue weighted by Crippen LogP contribution is -3.07. The summed E-state index contributed by atoms with van der Waals surface area (Å²) in [7, 11) is 0. The summed E-state index contributed by atoms with van der Waals surface area (Å²) >= 11 is 3.50. The number of rotatable bonds is 13. The first-order valence-electron chi connectivity index (χ1n) is 8.69. The molecule has 1 aliphatic heterocycles. The Morgan fingerprint density at radius 1 is 0.952 bits per heavy atom. The molecule has 0 radical (unpaired) electrons. The molecule has 1 unspecified atom stereocenters. The van der Waals surface area contributed by atoms with Crippen LogP contribution in [-0.4, -0.2) is 30.0 Å². The van der Waals surface area contributed by atoms with Gasteiger partial charge in [-0.05, 0) is 19.3 Å². The number of nitrogens with zero attached hydrogens (tertiary/aromatic N) is 1. The van der Waals surface area contributed by atoms with Crippen molar-refractivity contribution in [1.29, 1.82) is 0 Å². The number of quaternary nitrogens is 1. The number of hydrogen-bond acceptors (Lipinski definition) is 1. The molecule has 0 saturated carbocycles. The molecule has 0 aliphatic carbocycles. The Labute approximate surface area is 151 Å². The number of alkyl halides is 1. The summed E-state index contributed by atoms with van der Waals surface area (Å²) in [4.78, 5) is 4.13. The molecule has 1 heterocycles. The van der Waals surface area contributed by atoms with E-state index in [2.05, 4.69) is 40.2 Å². The standard InChI is InChI=1S/C17H33BrN2.BrH/c1-2-3-4-5-6-7-8-10-13-19-15-16-20(17-19)14-11-9-12-18;/h15-16H,2-14,17H2,1H3;1H. The van der Waals surface area contributed by atoms with Gasteiger partial charge in [0, 0.05) is 11.9 Å². The van der Waals surface area contributed by atoms with Crippen molar-refractivity contribution in [3.63, 3.8) is 0 Å². The smallest absolute Gasteiger partial charge is 0.156 e. The molecule has 0 aromatic carbocycles. The minimum absolute atomic E-state index is 0. The van der Waals surface area contributed by atoms with Gasteiger partial charge in [0.1, 0.15) is 6.20 Å². The minimum atomic E-state index is 0. The topological polar surface area (TPSA) is 7.68 Å². The molecule has 21 heavy (non-hydrogen) atoms. The maximum Gasteiger partial charge on any atom is 0.156 e. The monoisotopic (exact) mass is 424 g/mol. The highest BCUT2D eigenvalue weighted by atomic mass is 79.9. The molecule has 0 spiro atoms. The number of halogens is 2. The zero-order valence-electron chi connectivity index (χ0n) is 13.8. The van der Waals surface area contributed by atoms with E-state index < -0.39 is 0 Å². The van der Waals surface area contributed by atoms with Gasteiger partial charge in [0.2, 0.25) is 0 Å². The molecular formula is C17H34Br2N2. The predicted octanol–water partition coefficient (Wildman–Crippen LogP) is 0.935. The van der Waals surface area contributed by atoms with Crippen molar-refractivity contribution in [2.45, 2.75) is 71.1 Å². The third-order valence-corrected chi connectivity index (χ3v) is 4.67. The predicted molar refractivity (Wildman–Crippen MR) is 92.2 cm³/mol. The van der Waals surface area contributed by atoms with Crippen LogP contribution in [0.4, 0.5) is 0 Å². The fraction of sp³-hybridized carbons (Fsp3) is 0.882. The highest BCUT2D eigenvalue weighted by Gasteiger charge is 2.15. The second-order valence-electron chi connectivity index (χ2n) is 6.07. The Hall–Kier alpha value is 0.460. The van der Waals surface area contributed by atoms with E-state index in [9.17, 15) is 0 Å². The van der Waals surface area contributed by atoms with Crippen molar-refractivity contribution in [3.05, 3.63) is 12.4 Å². The minimum Gasteiger partial charge on any atom is -1.00 e. The van der Waals surface area contributed by atoms with Gasteiger partial charge < -0.3 is 21.9 Å². The zero-order valence-corrected chi connectivity index (χ0v) is 16.9. The van der Waals surface area contributed by atoms with Crippen LogP contribution in [0.1, 0.15) is 71.1 Å². The van der Waals surface area contributed by atoms with Crippen LogP contribution in [0.2, 0.25) is 0 Å². The number of nitrogens with one attached hydrogen (secondary N) is 1. The van der Waals surface area contributed by atoms with Gasteiger partial charge in [-0.15, -0.1) is 0 Å². The van der Waals surface area contributed by atoms with Crippen molar-refractivity contribution < 1.29 is 21.9 Å². The second kappa shape index (κ2) is 15.4. The van der Waals surface area contributed by atoms with E-state index in [-0.39, 0.29) is 17.0 Å². The summed E-state index contributed by atoms with van der Waals surface area (Å²) in [5.41, 5.74) is 0. The normalized spacial score (nSPS) is 17.2. The molecular weight excluding hydrogens is 392 g/mol. The maximum absolute atomic E-state index is 3.50. The van der Waals surface area contributed by atoms with Gasteiger partial charge >= 0.3 is 0 Å². The molecule has 4 heteroatoms. The number of unbranched alkanes of at least 4 members (excludes halogenated alkanes) is 8. The first-order chi connectivity index (χ1) is 9.86. The Balaban J connectivity index is 0.00000400. The van der Waals surface area contributed by atoms with Gasteiger partial charge in [0.25, 0.3) is 0 Å². The first-order valence-corrected chi connectivity index (χ1v) is 9.82. The van der Waals surface area contributed by atoms with E-state index in [1.165, 1.54) is 84.0 Å².